The van der Waals surface area contributed by atoms with Gasteiger partial charge in [0, 0.05) is 26.1 Å². The smallest absolute Gasteiger partial charge is 0.223 e. The van der Waals surface area contributed by atoms with Crippen LogP contribution in [0.2, 0.25) is 0 Å². The molecule has 2 aliphatic heterocycles. The maximum atomic E-state index is 12.5. The molecule has 2 saturated heterocycles. The summed E-state index contributed by atoms with van der Waals surface area (Å²) in [7, 11) is 0. The van der Waals surface area contributed by atoms with Gasteiger partial charge in [-0.1, -0.05) is 60.7 Å². The Morgan fingerprint density at radius 2 is 1.68 bits per heavy atom. The molecule has 0 saturated carbocycles. The molecule has 1 N–H and O–H groups in total. The lowest BCUT2D eigenvalue weighted by atomic mass is 9.88. The standard InChI is InChI=1S/C31H38N2O4/c34-29(22-32-15-13-25(14-16-32)28-10-9-24-5-1-2-7-27(24)21-28)23-37-30-8-4-3-6-26(30)11-12-31(35)33-17-19-36-20-18-33/h1-10,21,25,29,34H,11-20,22-23H2. The lowest BCUT2D eigenvalue weighted by molar-refractivity contribution is -0.135. The molecule has 0 aromatic heterocycles. The van der Waals surface area contributed by atoms with Gasteiger partial charge in [0.1, 0.15) is 18.5 Å². The van der Waals surface area contributed by atoms with Crippen LogP contribution in [0.15, 0.2) is 66.7 Å². The number of fused-ring (bicyclic) bond motifs is 1. The predicted octanol–water partition coefficient (Wildman–Crippen LogP) is 4.25. The summed E-state index contributed by atoms with van der Waals surface area (Å²) >= 11 is 0. The molecular weight excluding hydrogens is 464 g/mol. The average molecular weight is 503 g/mol. The van der Waals surface area contributed by atoms with Crippen molar-refractivity contribution in [3.8, 4) is 5.75 Å². The second-order valence-electron chi connectivity index (χ2n) is 10.2. The number of hydrogen-bond donors (Lipinski definition) is 1. The number of morpholine rings is 1. The number of carbonyl (C=O) groups excluding carboxylic acids is 1. The Bertz CT molecular complexity index is 1170. The molecule has 196 valence electrons. The van der Waals surface area contributed by atoms with Crippen molar-refractivity contribution in [3.63, 3.8) is 0 Å². The summed E-state index contributed by atoms with van der Waals surface area (Å²) in [5.74, 6) is 1.48. The molecule has 3 aromatic carbocycles. The first-order valence-corrected chi connectivity index (χ1v) is 13.6. The van der Waals surface area contributed by atoms with Gasteiger partial charge in [0.2, 0.25) is 5.91 Å². The summed E-state index contributed by atoms with van der Waals surface area (Å²) in [5, 5.41) is 13.3. The summed E-state index contributed by atoms with van der Waals surface area (Å²) in [6.07, 6.45) is 2.73. The molecule has 6 nitrogen and oxygen atoms in total. The van der Waals surface area contributed by atoms with E-state index in [0.29, 0.717) is 51.6 Å². The Labute approximate surface area is 219 Å². The van der Waals surface area contributed by atoms with E-state index in [1.807, 2.05) is 29.2 Å². The SMILES string of the molecule is O=C(CCc1ccccc1OCC(O)CN1CCC(c2ccc3ccccc3c2)CC1)N1CCOCC1. The van der Waals surface area contributed by atoms with Crippen LogP contribution in [-0.2, 0) is 16.0 Å². The van der Waals surface area contributed by atoms with Crippen LogP contribution in [0.3, 0.4) is 0 Å². The van der Waals surface area contributed by atoms with Gasteiger partial charge in [-0.3, -0.25) is 4.79 Å². The zero-order valence-electron chi connectivity index (χ0n) is 21.6. The third-order valence-corrected chi connectivity index (χ3v) is 7.68. The number of para-hydroxylation sites is 1. The van der Waals surface area contributed by atoms with E-state index in [1.165, 1.54) is 16.3 Å². The van der Waals surface area contributed by atoms with Gasteiger partial charge in [-0.05, 0) is 66.2 Å². The van der Waals surface area contributed by atoms with Crippen LogP contribution in [0.1, 0.15) is 36.3 Å². The van der Waals surface area contributed by atoms with Crippen LogP contribution in [0, 0.1) is 0 Å². The molecule has 1 amide bonds. The van der Waals surface area contributed by atoms with E-state index in [2.05, 4.69) is 47.4 Å². The van der Waals surface area contributed by atoms with Gasteiger partial charge in [0.15, 0.2) is 0 Å². The molecule has 1 atom stereocenters. The number of aliphatic hydroxyl groups excluding tert-OH is 1. The second-order valence-corrected chi connectivity index (χ2v) is 10.2. The Morgan fingerprint density at radius 3 is 2.49 bits per heavy atom. The van der Waals surface area contributed by atoms with Crippen molar-refractivity contribution < 1.29 is 19.4 Å². The third-order valence-electron chi connectivity index (χ3n) is 7.68. The minimum absolute atomic E-state index is 0.158. The second kappa shape index (κ2) is 12.5. The maximum Gasteiger partial charge on any atom is 0.223 e. The minimum atomic E-state index is -0.555. The Balaban J connectivity index is 1.07. The van der Waals surface area contributed by atoms with Gasteiger partial charge >= 0.3 is 0 Å². The van der Waals surface area contributed by atoms with E-state index in [0.717, 1.165) is 37.2 Å². The molecule has 2 aliphatic rings. The predicted molar refractivity (Wildman–Crippen MR) is 146 cm³/mol. The molecule has 2 heterocycles. The number of benzene rings is 3. The van der Waals surface area contributed by atoms with Crippen molar-refractivity contribution in [2.45, 2.75) is 37.7 Å². The average Bonchev–Trinajstić information content (AvgIpc) is 2.96. The van der Waals surface area contributed by atoms with Crippen molar-refractivity contribution in [3.05, 3.63) is 77.9 Å². The molecule has 6 heteroatoms. The number of aryl methyl sites for hydroxylation is 1. The van der Waals surface area contributed by atoms with Crippen LogP contribution in [-0.4, -0.2) is 79.5 Å². The Kier molecular flexibility index (Phi) is 8.72. The first-order valence-electron chi connectivity index (χ1n) is 13.6. The first kappa shape index (κ1) is 25.7. The van der Waals surface area contributed by atoms with E-state index in [4.69, 9.17) is 9.47 Å². The van der Waals surface area contributed by atoms with Crippen LogP contribution in [0.5, 0.6) is 5.75 Å². The van der Waals surface area contributed by atoms with Crippen molar-refractivity contribution in [1.82, 2.24) is 9.80 Å². The Hall–Kier alpha value is -2.93. The number of carbonyl (C=O) groups is 1. The van der Waals surface area contributed by atoms with Gasteiger partial charge in [-0.2, -0.15) is 0 Å². The van der Waals surface area contributed by atoms with Gasteiger partial charge in [-0.25, -0.2) is 0 Å². The number of rotatable bonds is 9. The summed E-state index contributed by atoms with van der Waals surface area (Å²) in [6.45, 7) is 5.39. The maximum absolute atomic E-state index is 12.5. The molecule has 5 rings (SSSR count). The van der Waals surface area contributed by atoms with E-state index < -0.39 is 6.10 Å². The molecule has 0 aliphatic carbocycles. The molecule has 2 fully saturated rings. The molecule has 0 spiro atoms. The third kappa shape index (κ3) is 6.89. The summed E-state index contributed by atoms with van der Waals surface area (Å²) in [6, 6.07) is 23.2. The first-order chi connectivity index (χ1) is 18.2. The number of amides is 1. The highest BCUT2D eigenvalue weighted by molar-refractivity contribution is 5.83. The lowest BCUT2D eigenvalue weighted by Gasteiger charge is -2.33. The van der Waals surface area contributed by atoms with E-state index in [9.17, 15) is 9.90 Å². The number of likely N-dealkylation sites (tertiary alicyclic amines) is 1. The zero-order chi connectivity index (χ0) is 25.5. The van der Waals surface area contributed by atoms with Crippen molar-refractivity contribution in [2.75, 3.05) is 52.5 Å². The molecule has 0 bridgehead atoms. The van der Waals surface area contributed by atoms with Gasteiger partial charge in [0.05, 0.1) is 13.2 Å². The topological polar surface area (TPSA) is 62.2 Å². The summed E-state index contributed by atoms with van der Waals surface area (Å²) < 4.78 is 11.4. The van der Waals surface area contributed by atoms with Gasteiger partial charge < -0.3 is 24.4 Å². The highest BCUT2D eigenvalue weighted by Crippen LogP contribution is 2.30. The van der Waals surface area contributed by atoms with Gasteiger partial charge in [0.25, 0.3) is 0 Å². The molecule has 1 unspecified atom stereocenters. The minimum Gasteiger partial charge on any atom is -0.491 e. The van der Waals surface area contributed by atoms with Crippen LogP contribution < -0.4 is 4.74 Å². The zero-order valence-corrected chi connectivity index (χ0v) is 21.6. The molecule has 0 radical (unpaired) electrons. The largest absolute Gasteiger partial charge is 0.491 e. The highest BCUT2D eigenvalue weighted by Gasteiger charge is 2.23. The van der Waals surface area contributed by atoms with Crippen molar-refractivity contribution >= 4 is 16.7 Å². The monoisotopic (exact) mass is 502 g/mol. The van der Waals surface area contributed by atoms with Crippen LogP contribution >= 0.6 is 0 Å². The fourth-order valence-corrected chi connectivity index (χ4v) is 5.51. The number of hydrogen-bond acceptors (Lipinski definition) is 5. The highest BCUT2D eigenvalue weighted by atomic mass is 16.5. The molecule has 37 heavy (non-hydrogen) atoms. The summed E-state index contributed by atoms with van der Waals surface area (Å²) in [5.41, 5.74) is 2.43. The van der Waals surface area contributed by atoms with Crippen molar-refractivity contribution in [1.29, 1.82) is 0 Å². The Morgan fingerprint density at radius 1 is 0.946 bits per heavy atom. The molecular formula is C31H38N2O4. The van der Waals surface area contributed by atoms with Crippen molar-refractivity contribution in [2.24, 2.45) is 0 Å². The fraction of sp³-hybridized carbons (Fsp3) is 0.452. The van der Waals surface area contributed by atoms with Gasteiger partial charge in [-0.15, -0.1) is 0 Å². The normalized spacial score (nSPS) is 18.1. The number of β-amino-alcohol motifs (C(OH)–C–C–N with tert-alkyl or cyclic N) is 1. The lowest BCUT2D eigenvalue weighted by Crippen LogP contribution is -2.40. The summed E-state index contributed by atoms with van der Waals surface area (Å²) in [4.78, 5) is 16.7. The van der Waals surface area contributed by atoms with E-state index >= 15 is 0 Å². The quantitative estimate of drug-likeness (QED) is 0.474. The number of piperidine rings is 1. The fourth-order valence-electron chi connectivity index (χ4n) is 5.51. The number of nitrogens with zero attached hydrogens (tertiary/aromatic N) is 2. The number of ether oxygens (including phenoxy) is 2. The molecule has 3 aromatic rings. The number of aliphatic hydroxyl groups is 1. The van der Waals surface area contributed by atoms with E-state index in [1.54, 1.807) is 0 Å². The van der Waals surface area contributed by atoms with E-state index in [-0.39, 0.29) is 12.5 Å². The van der Waals surface area contributed by atoms with Crippen LogP contribution in [0.4, 0.5) is 0 Å². The van der Waals surface area contributed by atoms with Crippen LogP contribution in [0.25, 0.3) is 10.8 Å².